The topological polar surface area (TPSA) is 37.3 Å². The van der Waals surface area contributed by atoms with Gasteiger partial charge in [-0.1, -0.05) is 6.07 Å². The summed E-state index contributed by atoms with van der Waals surface area (Å²) in [5.74, 6) is -1.13. The van der Waals surface area contributed by atoms with Gasteiger partial charge >= 0.3 is 5.97 Å². The normalized spacial score (nSPS) is 10.3. The Morgan fingerprint density at radius 1 is 1.53 bits per heavy atom. The number of rotatable bonds is 4. The monoisotopic (exact) mass is 274 g/mol. The molecule has 0 aliphatic rings. The standard InChI is InChI=1S/C11H12BrFO2/c1-7-5-8(3-2-4-10(14)15)11(13)9(12)6-7/h5-6H,2-4H2,1H3,(H,14,15). The number of aliphatic carboxylic acids is 1. The van der Waals surface area contributed by atoms with Crippen molar-refractivity contribution in [1.82, 2.24) is 0 Å². The average molecular weight is 275 g/mol. The van der Waals surface area contributed by atoms with Crippen LogP contribution < -0.4 is 0 Å². The van der Waals surface area contributed by atoms with E-state index in [1.807, 2.05) is 6.92 Å². The van der Waals surface area contributed by atoms with Crippen molar-refractivity contribution in [3.63, 3.8) is 0 Å². The number of aryl methyl sites for hydroxylation is 2. The van der Waals surface area contributed by atoms with Crippen LogP contribution in [0.5, 0.6) is 0 Å². The number of carboxylic acid groups (broad SMARTS) is 1. The smallest absolute Gasteiger partial charge is 0.303 e. The fourth-order valence-electron chi connectivity index (χ4n) is 1.41. The highest BCUT2D eigenvalue weighted by Crippen LogP contribution is 2.22. The first-order valence-electron chi connectivity index (χ1n) is 4.67. The molecule has 4 heteroatoms. The molecule has 1 rings (SSSR count). The Bertz CT molecular complexity index is 377. The summed E-state index contributed by atoms with van der Waals surface area (Å²) in [6.07, 6.45) is 0.992. The van der Waals surface area contributed by atoms with Crippen LogP contribution in [0.2, 0.25) is 0 Å². The van der Waals surface area contributed by atoms with Gasteiger partial charge in [-0.05, 0) is 52.9 Å². The number of carboxylic acids is 1. The quantitative estimate of drug-likeness (QED) is 0.915. The summed E-state index contributed by atoms with van der Waals surface area (Å²) in [6, 6.07) is 3.46. The molecule has 0 saturated heterocycles. The Kier molecular flexibility index (Phi) is 4.27. The van der Waals surface area contributed by atoms with Gasteiger partial charge in [0.25, 0.3) is 0 Å². The predicted octanol–water partition coefficient (Wildman–Crippen LogP) is 3.30. The molecule has 1 aromatic carbocycles. The largest absolute Gasteiger partial charge is 0.481 e. The van der Waals surface area contributed by atoms with Crippen LogP contribution in [0.1, 0.15) is 24.0 Å². The summed E-state index contributed by atoms with van der Waals surface area (Å²) in [5.41, 5.74) is 1.54. The molecule has 2 nitrogen and oxygen atoms in total. The highest BCUT2D eigenvalue weighted by atomic mass is 79.9. The maximum absolute atomic E-state index is 13.5. The Hall–Kier alpha value is -0.900. The van der Waals surface area contributed by atoms with Crippen LogP contribution in [-0.2, 0) is 11.2 Å². The second kappa shape index (κ2) is 5.26. The highest BCUT2D eigenvalue weighted by molar-refractivity contribution is 9.10. The number of hydrogen-bond donors (Lipinski definition) is 1. The molecule has 0 atom stereocenters. The molecular formula is C11H12BrFO2. The van der Waals surface area contributed by atoms with Gasteiger partial charge in [-0.3, -0.25) is 4.79 Å². The summed E-state index contributed by atoms with van der Waals surface area (Å²) < 4.78 is 13.9. The average Bonchev–Trinajstić information content (AvgIpc) is 2.12. The summed E-state index contributed by atoms with van der Waals surface area (Å²) >= 11 is 3.13. The third kappa shape index (κ3) is 3.63. The summed E-state index contributed by atoms with van der Waals surface area (Å²) in [6.45, 7) is 1.88. The van der Waals surface area contributed by atoms with E-state index in [0.717, 1.165) is 5.56 Å². The third-order valence-corrected chi connectivity index (χ3v) is 2.66. The molecule has 1 N–H and O–H groups in total. The van der Waals surface area contributed by atoms with Gasteiger partial charge in [-0.25, -0.2) is 4.39 Å². The van der Waals surface area contributed by atoms with Crippen molar-refractivity contribution in [3.8, 4) is 0 Å². The molecule has 0 heterocycles. The molecule has 0 spiro atoms. The Labute approximate surface area is 96.2 Å². The number of hydrogen-bond acceptors (Lipinski definition) is 1. The highest BCUT2D eigenvalue weighted by Gasteiger charge is 2.08. The SMILES string of the molecule is Cc1cc(Br)c(F)c(CCCC(=O)O)c1. The van der Waals surface area contributed by atoms with Crippen molar-refractivity contribution in [2.24, 2.45) is 0 Å². The van der Waals surface area contributed by atoms with Crippen LogP contribution in [0.15, 0.2) is 16.6 Å². The molecule has 0 aliphatic heterocycles. The van der Waals surface area contributed by atoms with Gasteiger partial charge in [0.05, 0.1) is 4.47 Å². The molecule has 15 heavy (non-hydrogen) atoms. The predicted molar refractivity (Wildman–Crippen MR) is 59.4 cm³/mol. The van der Waals surface area contributed by atoms with E-state index in [9.17, 15) is 9.18 Å². The van der Waals surface area contributed by atoms with Crippen LogP contribution in [0.25, 0.3) is 0 Å². The van der Waals surface area contributed by atoms with E-state index in [1.54, 1.807) is 12.1 Å². The van der Waals surface area contributed by atoms with Gasteiger partial charge in [-0.2, -0.15) is 0 Å². The molecule has 1 aromatic rings. The lowest BCUT2D eigenvalue weighted by Crippen LogP contribution is -1.98. The first-order chi connectivity index (χ1) is 7.00. The molecular weight excluding hydrogens is 263 g/mol. The van der Waals surface area contributed by atoms with Gasteiger partial charge in [0.1, 0.15) is 5.82 Å². The van der Waals surface area contributed by atoms with Gasteiger partial charge in [0, 0.05) is 6.42 Å². The van der Waals surface area contributed by atoms with Gasteiger partial charge in [0.15, 0.2) is 0 Å². The molecule has 0 amide bonds. The van der Waals surface area contributed by atoms with Crippen LogP contribution in [-0.4, -0.2) is 11.1 Å². The minimum Gasteiger partial charge on any atom is -0.481 e. The number of halogens is 2. The maximum atomic E-state index is 13.5. The summed E-state index contributed by atoms with van der Waals surface area (Å²) in [4.78, 5) is 10.3. The van der Waals surface area contributed by atoms with Crippen molar-refractivity contribution >= 4 is 21.9 Å². The van der Waals surface area contributed by atoms with Crippen LogP contribution in [0.4, 0.5) is 4.39 Å². The van der Waals surface area contributed by atoms with Crippen LogP contribution in [0, 0.1) is 12.7 Å². The van der Waals surface area contributed by atoms with Crippen molar-refractivity contribution in [1.29, 1.82) is 0 Å². The van der Waals surface area contributed by atoms with E-state index in [-0.39, 0.29) is 12.2 Å². The molecule has 0 aliphatic carbocycles. The minimum atomic E-state index is -0.845. The first kappa shape index (κ1) is 12.2. The zero-order valence-electron chi connectivity index (χ0n) is 8.39. The van der Waals surface area contributed by atoms with Gasteiger partial charge < -0.3 is 5.11 Å². The second-order valence-electron chi connectivity index (χ2n) is 3.47. The van der Waals surface area contributed by atoms with E-state index in [0.29, 0.717) is 22.9 Å². The molecule has 0 unspecified atom stereocenters. The van der Waals surface area contributed by atoms with Crippen molar-refractivity contribution in [3.05, 3.63) is 33.5 Å². The number of benzene rings is 1. The molecule has 0 radical (unpaired) electrons. The molecule has 0 aromatic heterocycles. The van der Waals surface area contributed by atoms with E-state index in [1.165, 1.54) is 0 Å². The lowest BCUT2D eigenvalue weighted by atomic mass is 10.1. The number of carbonyl (C=O) groups is 1. The fourth-order valence-corrected chi connectivity index (χ4v) is 2.02. The summed E-state index contributed by atoms with van der Waals surface area (Å²) in [5, 5.41) is 8.47. The second-order valence-corrected chi connectivity index (χ2v) is 4.32. The minimum absolute atomic E-state index is 0.0744. The van der Waals surface area contributed by atoms with Crippen LogP contribution >= 0.6 is 15.9 Å². The van der Waals surface area contributed by atoms with Crippen molar-refractivity contribution in [2.75, 3.05) is 0 Å². The van der Waals surface area contributed by atoms with Crippen molar-refractivity contribution in [2.45, 2.75) is 26.2 Å². The molecule has 0 bridgehead atoms. The van der Waals surface area contributed by atoms with E-state index < -0.39 is 5.97 Å². The Morgan fingerprint density at radius 3 is 2.80 bits per heavy atom. The van der Waals surface area contributed by atoms with Gasteiger partial charge in [-0.15, -0.1) is 0 Å². The Balaban J connectivity index is 2.72. The molecule has 0 fully saturated rings. The van der Waals surface area contributed by atoms with E-state index in [2.05, 4.69) is 15.9 Å². The van der Waals surface area contributed by atoms with Gasteiger partial charge in [0.2, 0.25) is 0 Å². The Morgan fingerprint density at radius 2 is 2.20 bits per heavy atom. The van der Waals surface area contributed by atoms with E-state index in [4.69, 9.17) is 5.11 Å². The fraction of sp³-hybridized carbons (Fsp3) is 0.364. The van der Waals surface area contributed by atoms with E-state index >= 15 is 0 Å². The summed E-state index contributed by atoms with van der Waals surface area (Å²) in [7, 11) is 0. The maximum Gasteiger partial charge on any atom is 0.303 e. The molecule has 82 valence electrons. The lowest BCUT2D eigenvalue weighted by Gasteiger charge is -2.05. The van der Waals surface area contributed by atoms with Crippen LogP contribution in [0.3, 0.4) is 0 Å². The first-order valence-corrected chi connectivity index (χ1v) is 5.46. The zero-order chi connectivity index (χ0) is 11.4. The third-order valence-electron chi connectivity index (χ3n) is 2.08. The molecule has 0 saturated carbocycles. The lowest BCUT2D eigenvalue weighted by molar-refractivity contribution is -0.137. The van der Waals surface area contributed by atoms with Crippen molar-refractivity contribution < 1.29 is 14.3 Å². The zero-order valence-corrected chi connectivity index (χ0v) is 9.97.